The average Bonchev–Trinajstić information content (AvgIpc) is 2.38. The molecule has 0 radical (unpaired) electrons. The normalized spacial score (nSPS) is 17.9. The third-order valence-electron chi connectivity index (χ3n) is 4.01. The summed E-state index contributed by atoms with van der Waals surface area (Å²) >= 11 is 0. The Kier molecular flexibility index (Phi) is 4.09. The van der Waals surface area contributed by atoms with E-state index < -0.39 is 0 Å². The molecular formula is C14H24N4. The highest BCUT2D eigenvalue weighted by Crippen LogP contribution is 2.28. The van der Waals surface area contributed by atoms with E-state index in [0.717, 1.165) is 24.3 Å². The van der Waals surface area contributed by atoms with Crippen LogP contribution in [0.2, 0.25) is 0 Å². The fourth-order valence-electron chi connectivity index (χ4n) is 2.72. The van der Waals surface area contributed by atoms with Crippen LogP contribution in [0, 0.1) is 0 Å². The number of nitrogens with zero attached hydrogens (tertiary/aromatic N) is 2. The van der Waals surface area contributed by atoms with Gasteiger partial charge in [0.1, 0.15) is 0 Å². The van der Waals surface area contributed by atoms with Gasteiger partial charge in [0.05, 0.1) is 0 Å². The van der Waals surface area contributed by atoms with E-state index in [-0.39, 0.29) is 0 Å². The smallest absolute Gasteiger partial charge is 0.0432 e. The Morgan fingerprint density at radius 3 is 2.61 bits per heavy atom. The van der Waals surface area contributed by atoms with E-state index in [4.69, 9.17) is 11.5 Å². The van der Waals surface area contributed by atoms with Gasteiger partial charge in [-0.1, -0.05) is 6.07 Å². The van der Waals surface area contributed by atoms with Crippen molar-refractivity contribution in [3.63, 3.8) is 0 Å². The topological polar surface area (TPSA) is 58.5 Å². The van der Waals surface area contributed by atoms with Crippen LogP contribution < -0.4 is 16.4 Å². The van der Waals surface area contributed by atoms with Crippen molar-refractivity contribution in [1.82, 2.24) is 4.90 Å². The molecule has 4 nitrogen and oxygen atoms in total. The van der Waals surface area contributed by atoms with Gasteiger partial charge in [0.2, 0.25) is 0 Å². The Hall–Kier alpha value is -1.26. The second-order valence-corrected chi connectivity index (χ2v) is 5.19. The van der Waals surface area contributed by atoms with Crippen LogP contribution in [0.3, 0.4) is 0 Å². The van der Waals surface area contributed by atoms with E-state index in [2.05, 4.69) is 30.0 Å². The molecule has 0 atom stereocenters. The Bertz CT molecular complexity index is 397. The Balaban J connectivity index is 2.18. The van der Waals surface area contributed by atoms with E-state index >= 15 is 0 Å². The summed E-state index contributed by atoms with van der Waals surface area (Å²) in [6.45, 7) is 2.82. The standard InChI is InChI=1S/C14H24N4/c1-17-8-6-11(7-9-17)18(2)14-5-3-4-13(16)12(14)10-15/h3-5,11H,6-10,15-16H2,1-2H3. The number of nitrogen functional groups attached to an aromatic ring is 1. The molecule has 18 heavy (non-hydrogen) atoms. The van der Waals surface area contributed by atoms with E-state index in [0.29, 0.717) is 12.6 Å². The number of anilines is 2. The quantitative estimate of drug-likeness (QED) is 0.791. The van der Waals surface area contributed by atoms with E-state index in [1.165, 1.54) is 18.5 Å². The molecular weight excluding hydrogens is 224 g/mol. The maximum Gasteiger partial charge on any atom is 0.0432 e. The summed E-state index contributed by atoms with van der Waals surface area (Å²) < 4.78 is 0. The Morgan fingerprint density at radius 2 is 2.00 bits per heavy atom. The highest BCUT2D eigenvalue weighted by molar-refractivity contribution is 5.65. The van der Waals surface area contributed by atoms with Crippen LogP contribution >= 0.6 is 0 Å². The zero-order chi connectivity index (χ0) is 13.1. The molecule has 0 aliphatic carbocycles. The van der Waals surface area contributed by atoms with Crippen molar-refractivity contribution < 1.29 is 0 Å². The van der Waals surface area contributed by atoms with Gasteiger partial charge in [-0.05, 0) is 45.1 Å². The van der Waals surface area contributed by atoms with E-state index in [1.54, 1.807) is 0 Å². The molecule has 1 aliphatic heterocycles. The number of piperidine rings is 1. The predicted octanol–water partition coefficient (Wildman–Crippen LogP) is 1.26. The summed E-state index contributed by atoms with van der Waals surface area (Å²) in [7, 11) is 4.34. The van der Waals surface area contributed by atoms with Gasteiger partial charge in [-0.25, -0.2) is 0 Å². The third kappa shape index (κ3) is 2.60. The first-order chi connectivity index (χ1) is 8.63. The van der Waals surface area contributed by atoms with Crippen LogP contribution in [0.1, 0.15) is 18.4 Å². The second kappa shape index (κ2) is 5.59. The lowest BCUT2D eigenvalue weighted by molar-refractivity contribution is 0.253. The highest BCUT2D eigenvalue weighted by Gasteiger charge is 2.22. The highest BCUT2D eigenvalue weighted by atomic mass is 15.2. The first kappa shape index (κ1) is 13.2. The summed E-state index contributed by atoms with van der Waals surface area (Å²) in [4.78, 5) is 4.74. The van der Waals surface area contributed by atoms with Gasteiger partial charge >= 0.3 is 0 Å². The van der Waals surface area contributed by atoms with Crippen molar-refractivity contribution in [1.29, 1.82) is 0 Å². The average molecular weight is 248 g/mol. The molecule has 1 aromatic rings. The van der Waals surface area contributed by atoms with Gasteiger partial charge in [-0.15, -0.1) is 0 Å². The fraction of sp³-hybridized carbons (Fsp3) is 0.571. The number of benzene rings is 1. The number of hydrogen-bond donors (Lipinski definition) is 2. The minimum Gasteiger partial charge on any atom is -0.398 e. The molecule has 1 aromatic carbocycles. The van der Waals surface area contributed by atoms with Crippen molar-refractivity contribution in [2.75, 3.05) is 37.8 Å². The van der Waals surface area contributed by atoms with Crippen molar-refractivity contribution in [3.8, 4) is 0 Å². The predicted molar refractivity (Wildman–Crippen MR) is 77.7 cm³/mol. The lowest BCUT2D eigenvalue weighted by Gasteiger charge is -2.37. The fourth-order valence-corrected chi connectivity index (χ4v) is 2.72. The Labute approximate surface area is 110 Å². The summed E-state index contributed by atoms with van der Waals surface area (Å²) in [6, 6.07) is 6.65. The first-order valence-corrected chi connectivity index (χ1v) is 6.62. The van der Waals surface area contributed by atoms with Gasteiger partial charge < -0.3 is 21.3 Å². The van der Waals surface area contributed by atoms with Gasteiger partial charge in [-0.2, -0.15) is 0 Å². The molecule has 1 fully saturated rings. The number of hydrogen-bond acceptors (Lipinski definition) is 4. The van der Waals surface area contributed by atoms with Crippen molar-refractivity contribution >= 4 is 11.4 Å². The number of rotatable bonds is 3. The molecule has 0 bridgehead atoms. The third-order valence-corrected chi connectivity index (χ3v) is 4.01. The van der Waals surface area contributed by atoms with Crippen molar-refractivity contribution in [2.45, 2.75) is 25.4 Å². The Morgan fingerprint density at radius 1 is 1.33 bits per heavy atom. The summed E-state index contributed by atoms with van der Waals surface area (Å²) in [5.41, 5.74) is 14.9. The molecule has 0 unspecified atom stereocenters. The van der Waals surface area contributed by atoms with Crippen LogP contribution in [-0.2, 0) is 6.54 Å². The molecule has 1 aliphatic rings. The van der Waals surface area contributed by atoms with E-state index in [1.807, 2.05) is 12.1 Å². The van der Waals surface area contributed by atoms with Gasteiger partial charge in [0, 0.05) is 36.6 Å². The minimum absolute atomic E-state index is 0.499. The number of likely N-dealkylation sites (tertiary alicyclic amines) is 1. The molecule has 1 heterocycles. The molecule has 0 aromatic heterocycles. The van der Waals surface area contributed by atoms with Crippen LogP contribution in [0.25, 0.3) is 0 Å². The summed E-state index contributed by atoms with van der Waals surface area (Å²) in [5, 5.41) is 0. The number of nitrogens with two attached hydrogens (primary N) is 2. The largest absolute Gasteiger partial charge is 0.398 e. The molecule has 2 rings (SSSR count). The van der Waals surface area contributed by atoms with Crippen molar-refractivity contribution in [3.05, 3.63) is 23.8 Å². The maximum absolute atomic E-state index is 6.01. The monoisotopic (exact) mass is 248 g/mol. The molecule has 0 amide bonds. The van der Waals surface area contributed by atoms with Crippen LogP contribution in [-0.4, -0.2) is 38.1 Å². The molecule has 4 N–H and O–H groups in total. The maximum atomic E-state index is 6.01. The zero-order valence-electron chi connectivity index (χ0n) is 11.4. The molecule has 1 saturated heterocycles. The lowest BCUT2D eigenvalue weighted by atomic mass is 10.0. The molecule has 0 saturated carbocycles. The molecule has 100 valence electrons. The first-order valence-electron chi connectivity index (χ1n) is 6.62. The summed E-state index contributed by atoms with van der Waals surface area (Å²) in [5.74, 6) is 0. The second-order valence-electron chi connectivity index (χ2n) is 5.19. The minimum atomic E-state index is 0.499. The van der Waals surface area contributed by atoms with Crippen molar-refractivity contribution in [2.24, 2.45) is 5.73 Å². The lowest BCUT2D eigenvalue weighted by Crippen LogP contribution is -2.42. The van der Waals surface area contributed by atoms with Crippen LogP contribution in [0.5, 0.6) is 0 Å². The molecule has 0 spiro atoms. The zero-order valence-corrected chi connectivity index (χ0v) is 11.4. The van der Waals surface area contributed by atoms with Gasteiger partial charge in [0.25, 0.3) is 0 Å². The van der Waals surface area contributed by atoms with Crippen LogP contribution in [0.15, 0.2) is 18.2 Å². The van der Waals surface area contributed by atoms with E-state index in [9.17, 15) is 0 Å². The van der Waals surface area contributed by atoms with Gasteiger partial charge in [-0.3, -0.25) is 0 Å². The van der Waals surface area contributed by atoms with Crippen LogP contribution in [0.4, 0.5) is 11.4 Å². The summed E-state index contributed by atoms with van der Waals surface area (Å²) in [6.07, 6.45) is 2.40. The molecule has 4 heteroatoms. The SMILES string of the molecule is CN1CCC(N(C)c2cccc(N)c2CN)CC1. The van der Waals surface area contributed by atoms with Gasteiger partial charge in [0.15, 0.2) is 0 Å².